The number of aromatic nitrogens is 1. The highest BCUT2D eigenvalue weighted by Crippen LogP contribution is 2.25. The van der Waals surface area contributed by atoms with E-state index in [9.17, 15) is 0 Å². The maximum atomic E-state index is 8.93. The van der Waals surface area contributed by atoms with E-state index in [1.165, 1.54) is 0 Å². The van der Waals surface area contributed by atoms with Crippen LogP contribution in [0.15, 0.2) is 29.4 Å². The van der Waals surface area contributed by atoms with Gasteiger partial charge in [-0.05, 0) is 22.0 Å². The van der Waals surface area contributed by atoms with Crippen LogP contribution in [-0.2, 0) is 0 Å². The van der Waals surface area contributed by atoms with E-state index in [2.05, 4.69) is 27.5 Å². The van der Waals surface area contributed by atoms with Gasteiger partial charge in [0.15, 0.2) is 0 Å². The largest absolute Gasteiger partial charge is 0.397 e. The van der Waals surface area contributed by atoms with E-state index in [1.807, 2.05) is 4.90 Å². The van der Waals surface area contributed by atoms with Gasteiger partial charge in [0.05, 0.1) is 23.0 Å². The minimum atomic E-state index is 0.0757. The van der Waals surface area contributed by atoms with Crippen LogP contribution in [0.5, 0.6) is 0 Å². The second-order valence-electron chi connectivity index (χ2n) is 3.03. The fraction of sp³-hybridized carbons (Fsp3) is 0.300. The number of aliphatic hydroxyl groups excluding tert-OH is 1. The van der Waals surface area contributed by atoms with Crippen molar-refractivity contribution in [3.63, 3.8) is 0 Å². The van der Waals surface area contributed by atoms with Crippen LogP contribution in [0.4, 0.5) is 11.5 Å². The van der Waals surface area contributed by atoms with Crippen molar-refractivity contribution in [2.24, 2.45) is 0 Å². The maximum absolute atomic E-state index is 8.93. The molecule has 0 amide bonds. The Bertz CT molecular complexity index is 343. The molecule has 5 heteroatoms. The summed E-state index contributed by atoms with van der Waals surface area (Å²) < 4.78 is 0.817. The molecule has 3 N–H and O–H groups in total. The Morgan fingerprint density at radius 2 is 2.40 bits per heavy atom. The van der Waals surface area contributed by atoms with Crippen LogP contribution < -0.4 is 10.6 Å². The van der Waals surface area contributed by atoms with Gasteiger partial charge >= 0.3 is 0 Å². The van der Waals surface area contributed by atoms with E-state index in [0.29, 0.717) is 18.8 Å². The van der Waals surface area contributed by atoms with Crippen molar-refractivity contribution in [2.75, 3.05) is 30.3 Å². The Morgan fingerprint density at radius 3 is 2.93 bits per heavy atom. The number of anilines is 2. The van der Waals surface area contributed by atoms with Crippen molar-refractivity contribution in [3.8, 4) is 0 Å². The average Bonchev–Trinajstić information content (AvgIpc) is 2.17. The predicted octanol–water partition coefficient (Wildman–Crippen LogP) is 1.41. The summed E-state index contributed by atoms with van der Waals surface area (Å²) in [7, 11) is 0. The topological polar surface area (TPSA) is 62.4 Å². The van der Waals surface area contributed by atoms with Gasteiger partial charge in [-0.3, -0.25) is 0 Å². The lowest BCUT2D eigenvalue weighted by Crippen LogP contribution is -2.27. The molecule has 15 heavy (non-hydrogen) atoms. The van der Waals surface area contributed by atoms with E-state index < -0.39 is 0 Å². The first-order valence-electron chi connectivity index (χ1n) is 4.56. The number of nitrogen functional groups attached to an aromatic ring is 1. The molecule has 0 fully saturated rings. The maximum Gasteiger partial charge on any atom is 0.143 e. The summed E-state index contributed by atoms with van der Waals surface area (Å²) in [5.74, 6) is 0.762. The summed E-state index contributed by atoms with van der Waals surface area (Å²) in [6.07, 6.45) is 3.35. The van der Waals surface area contributed by atoms with Gasteiger partial charge in [0, 0.05) is 13.1 Å². The van der Waals surface area contributed by atoms with Crippen LogP contribution in [0.25, 0.3) is 0 Å². The molecule has 0 aliphatic heterocycles. The predicted molar refractivity (Wildman–Crippen MR) is 65.8 cm³/mol. The normalized spacial score (nSPS) is 10.0. The van der Waals surface area contributed by atoms with Crippen molar-refractivity contribution in [1.82, 2.24) is 4.98 Å². The van der Waals surface area contributed by atoms with Gasteiger partial charge in [-0.25, -0.2) is 4.98 Å². The first kappa shape index (κ1) is 12.0. The third kappa shape index (κ3) is 3.21. The van der Waals surface area contributed by atoms with Crippen LogP contribution in [0.3, 0.4) is 0 Å². The lowest BCUT2D eigenvalue weighted by molar-refractivity contribution is 0.302. The van der Waals surface area contributed by atoms with Gasteiger partial charge in [-0.2, -0.15) is 0 Å². The van der Waals surface area contributed by atoms with Gasteiger partial charge in [0.2, 0.25) is 0 Å². The zero-order valence-corrected chi connectivity index (χ0v) is 9.94. The zero-order valence-electron chi connectivity index (χ0n) is 8.36. The SMILES string of the molecule is C=CCN(CCO)c1ncc(N)cc1Br. The zero-order chi connectivity index (χ0) is 11.3. The molecule has 0 saturated carbocycles. The third-order valence-electron chi connectivity index (χ3n) is 1.86. The second-order valence-corrected chi connectivity index (χ2v) is 3.89. The van der Waals surface area contributed by atoms with Crippen molar-refractivity contribution < 1.29 is 5.11 Å². The van der Waals surface area contributed by atoms with Crippen LogP contribution >= 0.6 is 15.9 Å². The van der Waals surface area contributed by atoms with E-state index in [0.717, 1.165) is 10.3 Å². The number of rotatable bonds is 5. The fourth-order valence-corrected chi connectivity index (χ4v) is 1.86. The van der Waals surface area contributed by atoms with E-state index in [4.69, 9.17) is 10.8 Å². The van der Waals surface area contributed by atoms with Gasteiger partial charge < -0.3 is 15.7 Å². The summed E-state index contributed by atoms with van der Waals surface area (Å²) in [6, 6.07) is 1.79. The molecule has 0 atom stereocenters. The summed E-state index contributed by atoms with van der Waals surface area (Å²) in [5, 5.41) is 8.93. The van der Waals surface area contributed by atoms with Crippen LogP contribution in [0.2, 0.25) is 0 Å². The molecule has 0 saturated heterocycles. The molecule has 0 aliphatic rings. The highest BCUT2D eigenvalue weighted by Gasteiger charge is 2.09. The van der Waals surface area contributed by atoms with Gasteiger partial charge in [0.1, 0.15) is 5.82 Å². The first-order valence-corrected chi connectivity index (χ1v) is 5.36. The number of pyridine rings is 1. The number of nitrogens with two attached hydrogens (primary N) is 1. The second kappa shape index (κ2) is 5.72. The smallest absolute Gasteiger partial charge is 0.143 e. The van der Waals surface area contributed by atoms with E-state index >= 15 is 0 Å². The standard InChI is InChI=1S/C10H14BrN3O/c1-2-3-14(4-5-15)10-9(11)6-8(12)7-13-10/h2,6-7,15H,1,3-5,12H2. The molecule has 0 bridgehead atoms. The Balaban J connectivity index is 2.94. The number of nitrogens with zero attached hydrogens (tertiary/aromatic N) is 2. The molecule has 1 rings (SSSR count). The molecule has 4 nitrogen and oxygen atoms in total. The minimum absolute atomic E-state index is 0.0757. The quantitative estimate of drug-likeness (QED) is 0.795. The molecule has 0 spiro atoms. The highest BCUT2D eigenvalue weighted by atomic mass is 79.9. The van der Waals surface area contributed by atoms with Gasteiger partial charge in [-0.15, -0.1) is 6.58 Å². The molecule has 0 aromatic carbocycles. The Kier molecular flexibility index (Phi) is 4.58. The van der Waals surface area contributed by atoms with Crippen LogP contribution in [0.1, 0.15) is 0 Å². The van der Waals surface area contributed by atoms with E-state index in [-0.39, 0.29) is 6.61 Å². The lowest BCUT2D eigenvalue weighted by atomic mass is 10.3. The molecule has 1 aromatic rings. The molecule has 1 heterocycles. The number of hydrogen-bond acceptors (Lipinski definition) is 4. The molecular weight excluding hydrogens is 258 g/mol. The van der Waals surface area contributed by atoms with Crippen molar-refractivity contribution >= 4 is 27.4 Å². The Morgan fingerprint density at radius 1 is 1.67 bits per heavy atom. The van der Waals surface area contributed by atoms with Crippen molar-refractivity contribution in [3.05, 3.63) is 29.4 Å². The molecule has 0 unspecified atom stereocenters. The molecule has 82 valence electrons. The lowest BCUT2D eigenvalue weighted by Gasteiger charge is -2.22. The molecule has 0 radical (unpaired) electrons. The Hall–Kier alpha value is -1.07. The fourth-order valence-electron chi connectivity index (χ4n) is 1.24. The minimum Gasteiger partial charge on any atom is -0.397 e. The highest BCUT2D eigenvalue weighted by molar-refractivity contribution is 9.10. The van der Waals surface area contributed by atoms with Crippen molar-refractivity contribution in [2.45, 2.75) is 0 Å². The van der Waals surface area contributed by atoms with E-state index in [1.54, 1.807) is 18.3 Å². The van der Waals surface area contributed by atoms with Crippen LogP contribution in [0, 0.1) is 0 Å². The number of aliphatic hydroxyl groups is 1. The molecular formula is C10H14BrN3O. The summed E-state index contributed by atoms with van der Waals surface area (Å²) in [5.41, 5.74) is 6.20. The van der Waals surface area contributed by atoms with Crippen molar-refractivity contribution in [1.29, 1.82) is 0 Å². The Labute approximate surface area is 97.5 Å². The van der Waals surface area contributed by atoms with Gasteiger partial charge in [0.25, 0.3) is 0 Å². The summed E-state index contributed by atoms with van der Waals surface area (Å²) in [6.45, 7) is 4.89. The molecule has 0 aliphatic carbocycles. The monoisotopic (exact) mass is 271 g/mol. The third-order valence-corrected chi connectivity index (χ3v) is 2.45. The molecule has 1 aromatic heterocycles. The first-order chi connectivity index (χ1) is 7.19. The number of hydrogen-bond donors (Lipinski definition) is 2. The van der Waals surface area contributed by atoms with Crippen LogP contribution in [-0.4, -0.2) is 29.8 Å². The summed E-state index contributed by atoms with van der Waals surface area (Å²) in [4.78, 5) is 6.12. The summed E-state index contributed by atoms with van der Waals surface area (Å²) >= 11 is 3.39. The van der Waals surface area contributed by atoms with Gasteiger partial charge in [-0.1, -0.05) is 6.08 Å². The number of halogens is 1. The average molecular weight is 272 g/mol.